The minimum absolute atomic E-state index is 0.156. The van der Waals surface area contributed by atoms with Crippen LogP contribution >= 0.6 is 11.6 Å². The molecule has 0 atom stereocenters. The van der Waals surface area contributed by atoms with Crippen molar-refractivity contribution in [2.45, 2.75) is 26.6 Å². The molecule has 0 bridgehead atoms. The quantitative estimate of drug-likeness (QED) is 0.316. The minimum atomic E-state index is -0.842. The maximum Gasteiger partial charge on any atom is 0.335 e. The average Bonchev–Trinajstić information content (AvgIpc) is 2.87. The van der Waals surface area contributed by atoms with E-state index in [0.29, 0.717) is 27.8 Å². The standard InChI is InChI=1S/C28H25ClN2O6/c1-17(2)37-25-15-22(35-3)11-8-18(25)14-23-26(32)30-28(34)31(27(23)33)20-9-12-21(13-10-20)36-16-19-6-4-5-7-24(19)29/h4-15,17H,16H2,1-3H3,(H,30,32,34)/b23-14+. The van der Waals surface area contributed by atoms with Crippen LogP contribution < -0.4 is 24.4 Å². The van der Waals surface area contributed by atoms with Crippen molar-refractivity contribution < 1.29 is 28.6 Å². The third-order valence-corrected chi connectivity index (χ3v) is 5.80. The zero-order valence-electron chi connectivity index (χ0n) is 20.5. The number of halogens is 1. The normalized spacial score (nSPS) is 14.7. The molecule has 0 unspecified atom stereocenters. The van der Waals surface area contributed by atoms with Crippen LogP contribution in [0.25, 0.3) is 6.08 Å². The average molecular weight is 521 g/mol. The van der Waals surface area contributed by atoms with Crippen molar-refractivity contribution in [3.8, 4) is 17.2 Å². The largest absolute Gasteiger partial charge is 0.497 e. The number of methoxy groups -OCH3 is 1. The maximum absolute atomic E-state index is 13.3. The van der Waals surface area contributed by atoms with Gasteiger partial charge in [0.25, 0.3) is 11.8 Å². The van der Waals surface area contributed by atoms with Crippen molar-refractivity contribution in [2.75, 3.05) is 12.0 Å². The van der Waals surface area contributed by atoms with Gasteiger partial charge in [0.2, 0.25) is 0 Å². The van der Waals surface area contributed by atoms with Gasteiger partial charge in [-0.1, -0.05) is 29.8 Å². The Morgan fingerprint density at radius 2 is 1.68 bits per heavy atom. The number of ether oxygens (including phenoxy) is 3. The molecule has 1 aliphatic rings. The Morgan fingerprint density at radius 1 is 0.973 bits per heavy atom. The Hall–Kier alpha value is -4.30. The summed E-state index contributed by atoms with van der Waals surface area (Å²) in [7, 11) is 1.53. The second-order valence-electron chi connectivity index (χ2n) is 8.40. The van der Waals surface area contributed by atoms with Gasteiger partial charge < -0.3 is 14.2 Å². The van der Waals surface area contributed by atoms with Gasteiger partial charge in [0.05, 0.1) is 18.9 Å². The zero-order valence-corrected chi connectivity index (χ0v) is 21.2. The monoisotopic (exact) mass is 520 g/mol. The molecule has 37 heavy (non-hydrogen) atoms. The number of hydrogen-bond acceptors (Lipinski definition) is 6. The molecular weight excluding hydrogens is 496 g/mol. The summed E-state index contributed by atoms with van der Waals surface area (Å²) in [5, 5.41) is 2.82. The van der Waals surface area contributed by atoms with E-state index in [0.717, 1.165) is 10.5 Å². The zero-order chi connectivity index (χ0) is 26.5. The first-order valence-electron chi connectivity index (χ1n) is 11.5. The number of benzene rings is 3. The molecule has 1 saturated heterocycles. The highest BCUT2D eigenvalue weighted by Gasteiger charge is 2.37. The lowest BCUT2D eigenvalue weighted by Gasteiger charge is -2.26. The molecule has 1 fully saturated rings. The molecule has 0 spiro atoms. The molecular formula is C28H25ClN2O6. The number of barbiturate groups is 1. The van der Waals surface area contributed by atoms with Gasteiger partial charge in [-0.25, -0.2) is 9.69 Å². The first-order valence-corrected chi connectivity index (χ1v) is 11.9. The van der Waals surface area contributed by atoms with Crippen LogP contribution in [-0.2, 0) is 16.2 Å². The van der Waals surface area contributed by atoms with Crippen molar-refractivity contribution in [3.05, 3.63) is 88.5 Å². The minimum Gasteiger partial charge on any atom is -0.497 e. The van der Waals surface area contributed by atoms with Gasteiger partial charge in [0.15, 0.2) is 0 Å². The molecule has 1 N–H and O–H groups in total. The van der Waals surface area contributed by atoms with Crippen LogP contribution in [0.3, 0.4) is 0 Å². The highest BCUT2D eigenvalue weighted by Crippen LogP contribution is 2.30. The van der Waals surface area contributed by atoms with Gasteiger partial charge in [-0.2, -0.15) is 0 Å². The molecule has 4 rings (SSSR count). The van der Waals surface area contributed by atoms with E-state index in [1.165, 1.54) is 13.2 Å². The predicted molar refractivity (Wildman–Crippen MR) is 140 cm³/mol. The van der Waals surface area contributed by atoms with Crippen LogP contribution in [0.4, 0.5) is 10.5 Å². The van der Waals surface area contributed by atoms with E-state index < -0.39 is 17.8 Å². The van der Waals surface area contributed by atoms with E-state index in [-0.39, 0.29) is 24.0 Å². The number of carbonyl (C=O) groups is 3. The molecule has 3 aromatic rings. The van der Waals surface area contributed by atoms with Crippen molar-refractivity contribution >= 4 is 41.2 Å². The number of hydrogen-bond donors (Lipinski definition) is 1. The van der Waals surface area contributed by atoms with Crippen LogP contribution in [0, 0.1) is 0 Å². The van der Waals surface area contributed by atoms with Gasteiger partial charge in [-0.05, 0) is 62.4 Å². The smallest absolute Gasteiger partial charge is 0.335 e. The summed E-state index contributed by atoms with van der Waals surface area (Å²) in [5.41, 5.74) is 1.38. The summed E-state index contributed by atoms with van der Waals surface area (Å²) in [6, 6.07) is 17.9. The van der Waals surface area contributed by atoms with E-state index in [1.54, 1.807) is 48.5 Å². The summed E-state index contributed by atoms with van der Waals surface area (Å²) in [6.45, 7) is 3.97. The number of nitrogens with zero attached hydrogens (tertiary/aromatic N) is 1. The predicted octanol–water partition coefficient (Wildman–Crippen LogP) is 5.38. The highest BCUT2D eigenvalue weighted by molar-refractivity contribution is 6.39. The molecule has 1 aliphatic heterocycles. The number of carbonyl (C=O) groups excluding carboxylic acids is 3. The number of amides is 4. The molecule has 1 heterocycles. The Labute approximate surface area is 219 Å². The molecule has 3 aromatic carbocycles. The maximum atomic E-state index is 13.3. The molecule has 8 nitrogen and oxygen atoms in total. The Morgan fingerprint density at radius 3 is 2.35 bits per heavy atom. The Bertz CT molecular complexity index is 1370. The summed E-state index contributed by atoms with van der Waals surface area (Å²) in [5.74, 6) is -0.0343. The molecule has 9 heteroatoms. The third-order valence-electron chi connectivity index (χ3n) is 5.43. The summed E-state index contributed by atoms with van der Waals surface area (Å²) in [4.78, 5) is 39.4. The lowest BCUT2D eigenvalue weighted by Crippen LogP contribution is -2.54. The SMILES string of the molecule is COc1ccc(/C=C2\C(=O)NC(=O)N(c3ccc(OCc4ccccc4Cl)cc3)C2=O)c(OC(C)C)c1. The third kappa shape index (κ3) is 5.92. The second-order valence-corrected chi connectivity index (χ2v) is 8.81. The summed E-state index contributed by atoms with van der Waals surface area (Å²) < 4.78 is 16.9. The fourth-order valence-electron chi connectivity index (χ4n) is 3.63. The van der Waals surface area contributed by atoms with E-state index >= 15 is 0 Å². The summed E-state index contributed by atoms with van der Waals surface area (Å²) >= 11 is 6.17. The van der Waals surface area contributed by atoms with Crippen LogP contribution in [0.15, 0.2) is 72.3 Å². The van der Waals surface area contributed by atoms with Crippen LogP contribution in [0.2, 0.25) is 5.02 Å². The van der Waals surface area contributed by atoms with E-state index in [1.807, 2.05) is 32.0 Å². The Balaban J connectivity index is 1.58. The van der Waals surface area contributed by atoms with Crippen LogP contribution in [-0.4, -0.2) is 31.1 Å². The second kappa shape index (κ2) is 11.2. The van der Waals surface area contributed by atoms with E-state index in [2.05, 4.69) is 5.32 Å². The number of anilines is 1. The number of urea groups is 1. The van der Waals surface area contributed by atoms with E-state index in [9.17, 15) is 14.4 Å². The number of nitrogens with one attached hydrogen (secondary N) is 1. The van der Waals surface area contributed by atoms with Gasteiger partial charge in [0, 0.05) is 22.2 Å². The van der Waals surface area contributed by atoms with Gasteiger partial charge in [-0.3, -0.25) is 14.9 Å². The van der Waals surface area contributed by atoms with Crippen LogP contribution in [0.1, 0.15) is 25.0 Å². The molecule has 0 saturated carbocycles. The Kier molecular flexibility index (Phi) is 7.79. The van der Waals surface area contributed by atoms with E-state index in [4.69, 9.17) is 25.8 Å². The topological polar surface area (TPSA) is 94.2 Å². The first-order chi connectivity index (χ1) is 17.8. The van der Waals surface area contributed by atoms with Gasteiger partial charge >= 0.3 is 6.03 Å². The van der Waals surface area contributed by atoms with Crippen molar-refractivity contribution in [1.82, 2.24) is 5.32 Å². The van der Waals surface area contributed by atoms with Gasteiger partial charge in [0.1, 0.15) is 29.4 Å². The highest BCUT2D eigenvalue weighted by atomic mass is 35.5. The van der Waals surface area contributed by atoms with Crippen molar-refractivity contribution in [3.63, 3.8) is 0 Å². The lowest BCUT2D eigenvalue weighted by atomic mass is 10.1. The fraction of sp³-hybridized carbons (Fsp3) is 0.179. The first kappa shape index (κ1) is 25.8. The molecule has 0 aliphatic carbocycles. The number of imide groups is 2. The van der Waals surface area contributed by atoms with Crippen molar-refractivity contribution in [1.29, 1.82) is 0 Å². The molecule has 0 aromatic heterocycles. The van der Waals surface area contributed by atoms with Crippen molar-refractivity contribution in [2.24, 2.45) is 0 Å². The summed E-state index contributed by atoms with van der Waals surface area (Å²) in [6.07, 6.45) is 1.24. The molecule has 190 valence electrons. The fourth-order valence-corrected chi connectivity index (χ4v) is 3.82. The molecule has 0 radical (unpaired) electrons. The lowest BCUT2D eigenvalue weighted by molar-refractivity contribution is -0.122. The van der Waals surface area contributed by atoms with Crippen LogP contribution in [0.5, 0.6) is 17.2 Å². The number of rotatable bonds is 8. The molecule has 4 amide bonds. The van der Waals surface area contributed by atoms with Gasteiger partial charge in [-0.15, -0.1) is 0 Å².